The first-order valence-corrected chi connectivity index (χ1v) is 11.3. The summed E-state index contributed by atoms with van der Waals surface area (Å²) in [6, 6.07) is 8.78. The average Bonchev–Trinajstić information content (AvgIpc) is 3.20. The molecule has 0 aliphatic heterocycles. The Balaban J connectivity index is 1.73. The Morgan fingerprint density at radius 1 is 0.972 bits per heavy atom. The third-order valence-electron chi connectivity index (χ3n) is 5.21. The number of aromatic nitrogens is 2. The molecule has 0 spiro atoms. The fourth-order valence-corrected chi connectivity index (χ4v) is 4.10. The molecule has 1 unspecified atom stereocenters. The van der Waals surface area contributed by atoms with E-state index >= 15 is 0 Å². The fourth-order valence-electron chi connectivity index (χ4n) is 3.53. The maximum absolute atomic E-state index is 14.4. The van der Waals surface area contributed by atoms with E-state index in [1.807, 2.05) is 0 Å². The lowest BCUT2D eigenvalue weighted by atomic mass is 10.0. The Morgan fingerprint density at radius 3 is 2.25 bits per heavy atom. The lowest BCUT2D eigenvalue weighted by molar-refractivity contribution is -0.142. The van der Waals surface area contributed by atoms with E-state index < -0.39 is 51.6 Å². The van der Waals surface area contributed by atoms with Crippen LogP contribution in [-0.2, 0) is 30.2 Å². The van der Waals surface area contributed by atoms with Gasteiger partial charge in [-0.2, -0.15) is 26.3 Å². The van der Waals surface area contributed by atoms with Gasteiger partial charge in [0.2, 0.25) is 11.3 Å². The first kappa shape index (κ1) is 26.1. The lowest BCUT2D eigenvalue weighted by Crippen LogP contribution is -2.16. The highest BCUT2D eigenvalue weighted by atomic mass is 35.5. The van der Waals surface area contributed by atoms with Gasteiger partial charge in [-0.15, -0.1) is 0 Å². The molecule has 1 heterocycles. The molecule has 4 rings (SSSR count). The fraction of sp³-hybridized carbons (Fsp3) is 0.136. The van der Waals surface area contributed by atoms with Gasteiger partial charge in [-0.1, -0.05) is 35.9 Å². The Bertz CT molecular complexity index is 1490. The number of halogens is 8. The van der Waals surface area contributed by atoms with Crippen molar-refractivity contribution in [3.8, 4) is 22.5 Å². The molecule has 14 heteroatoms. The molecule has 3 aromatic carbocycles. The van der Waals surface area contributed by atoms with Crippen LogP contribution in [0.15, 0.2) is 48.5 Å². The molecule has 0 aliphatic rings. The molecule has 4 aromatic rings. The highest BCUT2D eigenvalue weighted by Crippen LogP contribution is 2.40. The van der Waals surface area contributed by atoms with Crippen molar-refractivity contribution >= 4 is 33.9 Å². The molecule has 0 saturated carbocycles. The first-order valence-electron chi connectivity index (χ1n) is 9.85. The Morgan fingerprint density at radius 2 is 1.67 bits per heavy atom. The van der Waals surface area contributed by atoms with Crippen molar-refractivity contribution in [1.29, 1.82) is 0 Å². The van der Waals surface area contributed by atoms with Crippen LogP contribution in [0.4, 0.5) is 30.7 Å². The van der Waals surface area contributed by atoms with Crippen molar-refractivity contribution in [2.45, 2.75) is 18.9 Å². The number of rotatable bonds is 5. The van der Waals surface area contributed by atoms with Gasteiger partial charge in [-0.05, 0) is 29.8 Å². The zero-order valence-electron chi connectivity index (χ0n) is 17.6. The van der Waals surface area contributed by atoms with Gasteiger partial charge in [-0.25, -0.2) is 18.3 Å². The average molecular weight is 552 g/mol. The number of hydrogen-bond donors (Lipinski definition) is 3. The molecular formula is C22H13ClF7N3O2S. The molecule has 0 fully saturated rings. The number of nitrogens with one attached hydrogen (secondary N) is 2. The largest absolute Gasteiger partial charge is 0.418 e. The summed E-state index contributed by atoms with van der Waals surface area (Å²) in [7, 11) is 0. The lowest BCUT2D eigenvalue weighted by Gasteiger charge is -2.11. The highest BCUT2D eigenvalue weighted by molar-refractivity contribution is 7.77. The first-order chi connectivity index (χ1) is 16.7. The Hall–Kier alpha value is -3.00. The van der Waals surface area contributed by atoms with Crippen molar-refractivity contribution in [3.05, 3.63) is 76.1 Å². The van der Waals surface area contributed by atoms with E-state index in [-0.39, 0.29) is 34.6 Å². The molecular weight excluding hydrogens is 539 g/mol. The van der Waals surface area contributed by atoms with Gasteiger partial charge in [0.15, 0.2) is 0 Å². The maximum Gasteiger partial charge on any atom is 0.418 e. The number of alkyl halides is 6. The SMILES string of the molecule is O=S(O)NCc1ccc(-c2ccc(-c3nc4c(C(F)(F)F)cc(C(F)(F)F)cc4[nH]3)cc2Cl)cc1F. The summed E-state index contributed by atoms with van der Waals surface area (Å²) in [5.74, 6) is -0.823. The van der Waals surface area contributed by atoms with E-state index in [1.165, 1.54) is 30.3 Å². The van der Waals surface area contributed by atoms with Crippen LogP contribution < -0.4 is 4.72 Å². The third-order valence-corrected chi connectivity index (χ3v) is 5.92. The molecule has 0 bridgehead atoms. The smallest absolute Gasteiger partial charge is 0.338 e. The molecule has 0 amide bonds. The maximum atomic E-state index is 14.4. The van der Waals surface area contributed by atoms with Gasteiger partial charge < -0.3 is 4.98 Å². The van der Waals surface area contributed by atoms with Crippen LogP contribution in [0.2, 0.25) is 5.02 Å². The van der Waals surface area contributed by atoms with Crippen LogP contribution in [0.1, 0.15) is 16.7 Å². The molecule has 36 heavy (non-hydrogen) atoms. The normalized spacial score (nSPS) is 13.4. The second-order valence-corrected chi connectivity index (χ2v) is 8.77. The Labute approximate surface area is 205 Å². The second-order valence-electron chi connectivity index (χ2n) is 7.57. The third kappa shape index (κ3) is 5.38. The second kappa shape index (κ2) is 9.47. The topological polar surface area (TPSA) is 78.0 Å². The van der Waals surface area contributed by atoms with Gasteiger partial charge in [0, 0.05) is 28.3 Å². The minimum Gasteiger partial charge on any atom is -0.338 e. The molecule has 5 nitrogen and oxygen atoms in total. The quantitative estimate of drug-likeness (QED) is 0.185. The van der Waals surface area contributed by atoms with Gasteiger partial charge in [0.25, 0.3) is 0 Å². The summed E-state index contributed by atoms with van der Waals surface area (Å²) in [6.45, 7) is -0.204. The number of hydrogen-bond acceptors (Lipinski definition) is 2. The minimum absolute atomic E-state index is 0.00890. The van der Waals surface area contributed by atoms with Gasteiger partial charge in [-0.3, -0.25) is 4.55 Å². The highest BCUT2D eigenvalue weighted by Gasteiger charge is 2.39. The van der Waals surface area contributed by atoms with Crippen LogP contribution in [0.3, 0.4) is 0 Å². The van der Waals surface area contributed by atoms with E-state index in [2.05, 4.69) is 14.7 Å². The minimum atomic E-state index is -5.08. The molecule has 1 aromatic heterocycles. The van der Waals surface area contributed by atoms with Crippen LogP contribution in [0.5, 0.6) is 0 Å². The summed E-state index contributed by atoms with van der Waals surface area (Å²) in [6.07, 6.45) is -10.1. The standard InChI is InChI=1S/C22H13ClF7N3O2S/c23-16-5-11(3-4-14(16)10-1-2-12(17(24)6-10)9-31-36(34)35)20-32-18-8-13(21(25,26)27)7-15(19(18)33-20)22(28,29)30/h1-8,31H,9H2,(H,32,33)(H,34,35). The zero-order valence-corrected chi connectivity index (χ0v) is 19.1. The van der Waals surface area contributed by atoms with Crippen LogP contribution in [0.25, 0.3) is 33.5 Å². The van der Waals surface area contributed by atoms with Crippen molar-refractivity contribution < 1.29 is 39.5 Å². The number of imidazole rings is 1. The predicted octanol–water partition coefficient (Wildman–Crippen LogP) is 6.95. The number of benzene rings is 3. The van der Waals surface area contributed by atoms with Crippen LogP contribution in [0, 0.1) is 5.82 Å². The van der Waals surface area contributed by atoms with E-state index in [4.69, 9.17) is 16.2 Å². The number of fused-ring (bicyclic) bond motifs is 1. The summed E-state index contributed by atoms with van der Waals surface area (Å²) in [4.78, 5) is 6.34. The van der Waals surface area contributed by atoms with E-state index in [0.29, 0.717) is 17.2 Å². The van der Waals surface area contributed by atoms with Crippen molar-refractivity contribution in [2.75, 3.05) is 0 Å². The monoisotopic (exact) mass is 551 g/mol. The molecule has 0 aliphatic carbocycles. The van der Waals surface area contributed by atoms with Gasteiger partial charge in [0.05, 0.1) is 16.6 Å². The van der Waals surface area contributed by atoms with Crippen LogP contribution >= 0.6 is 11.6 Å². The predicted molar refractivity (Wildman–Crippen MR) is 120 cm³/mol. The van der Waals surface area contributed by atoms with Crippen molar-refractivity contribution in [3.63, 3.8) is 0 Å². The Kier molecular flexibility index (Phi) is 6.86. The summed E-state index contributed by atoms with van der Waals surface area (Å²) >= 11 is 3.99. The molecule has 190 valence electrons. The number of H-pyrrole nitrogens is 1. The van der Waals surface area contributed by atoms with Gasteiger partial charge >= 0.3 is 12.4 Å². The van der Waals surface area contributed by atoms with Gasteiger partial charge in [0.1, 0.15) is 17.2 Å². The van der Waals surface area contributed by atoms with Crippen molar-refractivity contribution in [2.24, 2.45) is 0 Å². The van der Waals surface area contributed by atoms with E-state index in [9.17, 15) is 34.9 Å². The summed E-state index contributed by atoms with van der Waals surface area (Å²) in [5, 5.41) is 0.0710. The van der Waals surface area contributed by atoms with E-state index in [1.54, 1.807) is 0 Å². The summed E-state index contributed by atoms with van der Waals surface area (Å²) in [5.41, 5.74) is -3.14. The molecule has 1 atom stereocenters. The van der Waals surface area contributed by atoms with Crippen molar-refractivity contribution in [1.82, 2.24) is 14.7 Å². The van der Waals surface area contributed by atoms with Crippen LogP contribution in [-0.4, -0.2) is 18.7 Å². The summed E-state index contributed by atoms with van der Waals surface area (Å²) < 4.78 is 116. The molecule has 0 radical (unpaired) electrons. The zero-order chi connectivity index (χ0) is 26.4. The molecule has 3 N–H and O–H groups in total. The number of aromatic amines is 1. The molecule has 0 saturated heterocycles. The van der Waals surface area contributed by atoms with E-state index in [0.717, 1.165) is 6.07 Å². The number of nitrogens with zero attached hydrogens (tertiary/aromatic N) is 1.